The molecule has 4 heteroatoms. The van der Waals surface area contributed by atoms with Gasteiger partial charge in [0.1, 0.15) is 5.41 Å². The van der Waals surface area contributed by atoms with Gasteiger partial charge in [-0.05, 0) is 30.4 Å². The number of nitrogens with two attached hydrogens (primary N) is 2. The molecule has 0 bridgehead atoms. The van der Waals surface area contributed by atoms with Gasteiger partial charge in [-0.15, -0.1) is 0 Å². The molecule has 0 aromatic heterocycles. The summed E-state index contributed by atoms with van der Waals surface area (Å²) in [6.45, 7) is 4.27. The molecule has 2 aromatic rings. The fourth-order valence-electron chi connectivity index (χ4n) is 3.59. The third-order valence-corrected chi connectivity index (χ3v) is 4.97. The van der Waals surface area contributed by atoms with E-state index < -0.39 is 11.3 Å². The van der Waals surface area contributed by atoms with Crippen molar-refractivity contribution in [3.8, 4) is 0 Å². The maximum absolute atomic E-state index is 12.8. The van der Waals surface area contributed by atoms with E-state index in [1.54, 1.807) is 0 Å². The van der Waals surface area contributed by atoms with Crippen LogP contribution >= 0.6 is 0 Å². The molecule has 0 aliphatic rings. The molecule has 4 N–H and O–H groups in total. The average Bonchev–Trinajstić information content (AvgIpc) is 2.66. The van der Waals surface area contributed by atoms with Crippen LogP contribution in [-0.2, 0) is 15.0 Å². The zero-order chi connectivity index (χ0) is 19.7. The van der Waals surface area contributed by atoms with Gasteiger partial charge in [0, 0.05) is 6.42 Å². The minimum atomic E-state index is -1.05. The second-order valence-corrected chi connectivity index (χ2v) is 6.83. The van der Waals surface area contributed by atoms with Crippen molar-refractivity contribution in [2.75, 3.05) is 0 Å². The number of hydrogen-bond donors (Lipinski definition) is 2. The lowest BCUT2D eigenvalue weighted by Crippen LogP contribution is -2.43. The number of primary amides is 2. The Hall–Kier alpha value is -2.88. The van der Waals surface area contributed by atoms with E-state index in [1.165, 1.54) is 0 Å². The van der Waals surface area contributed by atoms with Crippen molar-refractivity contribution in [3.05, 3.63) is 83.9 Å². The molecule has 142 valence electrons. The Morgan fingerprint density at radius 2 is 1.19 bits per heavy atom. The van der Waals surface area contributed by atoms with E-state index in [0.29, 0.717) is 12.8 Å². The molecule has 0 fully saturated rings. The third-order valence-electron chi connectivity index (χ3n) is 4.97. The predicted molar refractivity (Wildman–Crippen MR) is 109 cm³/mol. The number of carbonyl (C=O) groups is 2. The van der Waals surface area contributed by atoms with E-state index in [4.69, 9.17) is 11.5 Å². The summed E-state index contributed by atoms with van der Waals surface area (Å²) in [6.07, 6.45) is 4.65. The Morgan fingerprint density at radius 3 is 1.59 bits per heavy atom. The summed E-state index contributed by atoms with van der Waals surface area (Å²) in [7, 11) is 0. The summed E-state index contributed by atoms with van der Waals surface area (Å²) in [5.41, 5.74) is 12.6. The first-order valence-electron chi connectivity index (χ1n) is 9.37. The van der Waals surface area contributed by atoms with Crippen molar-refractivity contribution < 1.29 is 9.59 Å². The Kier molecular flexibility index (Phi) is 7.35. The smallest absolute Gasteiger partial charge is 0.236 e. The van der Waals surface area contributed by atoms with Gasteiger partial charge in [-0.3, -0.25) is 9.59 Å². The maximum atomic E-state index is 12.8. The summed E-state index contributed by atoms with van der Waals surface area (Å²) in [5, 5.41) is 0. The zero-order valence-corrected chi connectivity index (χ0v) is 15.7. The van der Waals surface area contributed by atoms with Gasteiger partial charge < -0.3 is 11.5 Å². The van der Waals surface area contributed by atoms with Gasteiger partial charge >= 0.3 is 0 Å². The van der Waals surface area contributed by atoms with Crippen molar-refractivity contribution in [2.24, 2.45) is 11.5 Å². The zero-order valence-electron chi connectivity index (χ0n) is 15.7. The summed E-state index contributed by atoms with van der Waals surface area (Å²) >= 11 is 0. The highest BCUT2D eigenvalue weighted by Gasteiger charge is 2.42. The van der Waals surface area contributed by atoms with Crippen LogP contribution in [0.15, 0.2) is 72.8 Å². The average molecular weight is 364 g/mol. The molecule has 2 aromatic carbocycles. The lowest BCUT2D eigenvalue weighted by molar-refractivity contribution is -0.121. The molecular weight excluding hydrogens is 336 g/mol. The number of unbranched alkanes of at least 4 members (excludes halogenated alkanes) is 3. The van der Waals surface area contributed by atoms with Gasteiger partial charge in [0.05, 0.1) is 0 Å². The first kappa shape index (κ1) is 20.4. The molecule has 0 atom stereocenters. The number of amides is 2. The van der Waals surface area contributed by atoms with Gasteiger partial charge in [-0.1, -0.05) is 85.7 Å². The molecule has 27 heavy (non-hydrogen) atoms. The SMILES string of the molecule is C=C(CCCCCCC(N)=O)C(C(N)=O)(c1ccccc1)c1ccccc1. The standard InChI is InChI=1S/C23H28N2O2/c1-18(12-6-2-3-11-17-21(24)26)23(22(25)27,19-13-7-4-8-14-19)20-15-9-5-10-16-20/h4-5,7-10,13-16H,1-3,6,11-12,17H2,(H2,24,26)(H2,25,27). The molecular formula is C23H28N2O2. The van der Waals surface area contributed by atoms with Crippen molar-refractivity contribution in [2.45, 2.75) is 43.9 Å². The summed E-state index contributed by atoms with van der Waals surface area (Å²) in [6, 6.07) is 19.2. The highest BCUT2D eigenvalue weighted by molar-refractivity contribution is 5.94. The van der Waals surface area contributed by atoms with Crippen LogP contribution in [0.5, 0.6) is 0 Å². The number of benzene rings is 2. The molecule has 0 unspecified atom stereocenters. The molecule has 0 aliphatic carbocycles. The number of hydrogen-bond acceptors (Lipinski definition) is 2. The molecule has 0 radical (unpaired) electrons. The first-order chi connectivity index (χ1) is 13.0. The summed E-state index contributed by atoms with van der Waals surface area (Å²) in [5.74, 6) is -0.682. The molecule has 0 saturated carbocycles. The third kappa shape index (κ3) is 4.85. The molecule has 0 saturated heterocycles. The molecule has 2 amide bonds. The maximum Gasteiger partial charge on any atom is 0.236 e. The highest BCUT2D eigenvalue weighted by Crippen LogP contribution is 2.40. The van der Waals surface area contributed by atoms with E-state index in [2.05, 4.69) is 6.58 Å². The fourth-order valence-corrected chi connectivity index (χ4v) is 3.59. The van der Waals surface area contributed by atoms with E-state index in [0.717, 1.165) is 42.4 Å². The van der Waals surface area contributed by atoms with Crippen LogP contribution in [-0.4, -0.2) is 11.8 Å². The van der Waals surface area contributed by atoms with E-state index >= 15 is 0 Å². The summed E-state index contributed by atoms with van der Waals surface area (Å²) < 4.78 is 0. The number of carbonyl (C=O) groups excluding carboxylic acids is 2. The minimum Gasteiger partial charge on any atom is -0.370 e. The largest absolute Gasteiger partial charge is 0.370 e. The van der Waals surface area contributed by atoms with Crippen molar-refractivity contribution in [3.63, 3.8) is 0 Å². The van der Waals surface area contributed by atoms with Crippen LogP contribution in [0.1, 0.15) is 49.7 Å². The van der Waals surface area contributed by atoms with Gasteiger partial charge in [-0.2, -0.15) is 0 Å². The fraction of sp³-hybridized carbons (Fsp3) is 0.304. The Bertz CT molecular complexity index is 730. The van der Waals surface area contributed by atoms with Crippen LogP contribution in [0.25, 0.3) is 0 Å². The molecule has 4 nitrogen and oxygen atoms in total. The van der Waals surface area contributed by atoms with Gasteiger partial charge in [0.15, 0.2) is 0 Å². The van der Waals surface area contributed by atoms with E-state index in [-0.39, 0.29) is 5.91 Å². The molecule has 0 aliphatic heterocycles. The van der Waals surface area contributed by atoms with E-state index in [1.807, 2.05) is 60.7 Å². The normalized spacial score (nSPS) is 11.1. The second-order valence-electron chi connectivity index (χ2n) is 6.83. The van der Waals surface area contributed by atoms with Crippen molar-refractivity contribution >= 4 is 11.8 Å². The van der Waals surface area contributed by atoms with Crippen molar-refractivity contribution in [1.29, 1.82) is 0 Å². The molecule has 0 heterocycles. The quantitative estimate of drug-likeness (QED) is 0.469. The van der Waals surface area contributed by atoms with Crippen LogP contribution in [0.4, 0.5) is 0 Å². The monoisotopic (exact) mass is 364 g/mol. The Labute approximate surface area is 161 Å². The van der Waals surface area contributed by atoms with Crippen molar-refractivity contribution in [1.82, 2.24) is 0 Å². The van der Waals surface area contributed by atoms with Gasteiger partial charge in [-0.25, -0.2) is 0 Å². The van der Waals surface area contributed by atoms with Gasteiger partial charge in [0.2, 0.25) is 11.8 Å². The van der Waals surface area contributed by atoms with Crippen LogP contribution < -0.4 is 11.5 Å². The van der Waals surface area contributed by atoms with E-state index in [9.17, 15) is 9.59 Å². The Balaban J connectivity index is 2.24. The van der Waals surface area contributed by atoms with Crippen LogP contribution in [0.3, 0.4) is 0 Å². The predicted octanol–water partition coefficient (Wildman–Crippen LogP) is 3.84. The highest BCUT2D eigenvalue weighted by atomic mass is 16.1. The van der Waals surface area contributed by atoms with Gasteiger partial charge in [0.25, 0.3) is 0 Å². The lowest BCUT2D eigenvalue weighted by Gasteiger charge is -2.34. The minimum absolute atomic E-state index is 0.264. The first-order valence-corrected chi connectivity index (χ1v) is 9.37. The Morgan fingerprint density at radius 1 is 0.741 bits per heavy atom. The lowest BCUT2D eigenvalue weighted by atomic mass is 9.67. The number of rotatable bonds is 11. The van der Waals surface area contributed by atoms with Crippen LogP contribution in [0.2, 0.25) is 0 Å². The molecule has 0 spiro atoms. The molecule has 2 rings (SSSR count). The topological polar surface area (TPSA) is 86.2 Å². The second kappa shape index (κ2) is 9.72. The summed E-state index contributed by atoms with van der Waals surface area (Å²) in [4.78, 5) is 23.6. The van der Waals surface area contributed by atoms with Crippen LogP contribution in [0, 0.1) is 0 Å².